The van der Waals surface area contributed by atoms with Gasteiger partial charge in [-0.05, 0) is 31.7 Å². The van der Waals surface area contributed by atoms with E-state index >= 15 is 0 Å². The smallest absolute Gasteiger partial charge is 0.436 e. The Morgan fingerprint density at radius 2 is 2.40 bits per heavy atom. The molecule has 2 saturated heterocycles. The number of carbonyl (C=O) groups is 1. The van der Waals surface area contributed by atoms with Gasteiger partial charge in [0.15, 0.2) is 0 Å². The van der Waals surface area contributed by atoms with Crippen LogP contribution in [0.3, 0.4) is 0 Å². The highest BCUT2D eigenvalue weighted by molar-refractivity contribution is 5.69. The molecule has 0 saturated carbocycles. The Kier molecular flexibility index (Phi) is 3.50. The van der Waals surface area contributed by atoms with Gasteiger partial charge in [0.05, 0.1) is 12.4 Å². The van der Waals surface area contributed by atoms with Crippen LogP contribution in [0.25, 0.3) is 0 Å². The van der Waals surface area contributed by atoms with Gasteiger partial charge < -0.3 is 4.74 Å². The summed E-state index contributed by atoms with van der Waals surface area (Å²) in [4.78, 5) is 14.4. The van der Waals surface area contributed by atoms with Crippen molar-refractivity contribution in [2.45, 2.75) is 51.2 Å². The van der Waals surface area contributed by atoms with E-state index in [1.807, 2.05) is 0 Å². The summed E-state index contributed by atoms with van der Waals surface area (Å²) < 4.78 is 6.73. The molecular weight excluding hydrogens is 256 g/mol. The number of hydrogen-bond donors (Lipinski definition) is 0. The molecule has 2 aliphatic heterocycles. The molecule has 6 heteroatoms. The Morgan fingerprint density at radius 1 is 1.55 bits per heavy atom. The second-order valence-electron chi connectivity index (χ2n) is 6.43. The lowest BCUT2D eigenvalue weighted by atomic mass is 9.85. The Labute approximate surface area is 119 Å². The van der Waals surface area contributed by atoms with E-state index in [1.54, 1.807) is 0 Å². The molecule has 2 atom stereocenters. The highest BCUT2D eigenvalue weighted by Gasteiger charge is 2.49. The lowest BCUT2D eigenvalue weighted by Gasteiger charge is -2.33. The topological polar surface area (TPSA) is 60.2 Å². The Hall–Kier alpha value is -1.43. The van der Waals surface area contributed by atoms with Crippen LogP contribution in [-0.4, -0.2) is 50.7 Å². The molecule has 0 bridgehead atoms. The van der Waals surface area contributed by atoms with E-state index in [1.165, 1.54) is 31.7 Å². The summed E-state index contributed by atoms with van der Waals surface area (Å²) in [6, 6.07) is 0. The number of aromatic nitrogens is 3. The van der Waals surface area contributed by atoms with Crippen LogP contribution < -0.4 is 0 Å². The number of hydrogen-bond acceptors (Lipinski definition) is 5. The SMILES string of the molecule is CC(C)C[C@@]12CCCN1C[C@H](OC(=O)n1ccnn1)C2. The molecule has 0 aliphatic carbocycles. The highest BCUT2D eigenvalue weighted by atomic mass is 16.6. The van der Waals surface area contributed by atoms with E-state index in [9.17, 15) is 4.79 Å². The summed E-state index contributed by atoms with van der Waals surface area (Å²) in [6.45, 7) is 6.51. The number of ether oxygens (including phenoxy) is 1. The number of carbonyl (C=O) groups excluding carboxylic acids is 1. The van der Waals surface area contributed by atoms with Gasteiger partial charge in [-0.25, -0.2) is 4.79 Å². The van der Waals surface area contributed by atoms with E-state index in [0.29, 0.717) is 5.92 Å². The maximum absolute atomic E-state index is 11.9. The zero-order chi connectivity index (χ0) is 14.2. The van der Waals surface area contributed by atoms with Gasteiger partial charge >= 0.3 is 6.09 Å². The van der Waals surface area contributed by atoms with Gasteiger partial charge in [-0.1, -0.05) is 19.1 Å². The van der Waals surface area contributed by atoms with Crippen LogP contribution in [0, 0.1) is 5.92 Å². The van der Waals surface area contributed by atoms with Crippen molar-refractivity contribution in [2.24, 2.45) is 5.92 Å². The third-order valence-electron chi connectivity index (χ3n) is 4.44. The molecule has 0 amide bonds. The predicted molar refractivity (Wildman–Crippen MR) is 73.3 cm³/mol. The van der Waals surface area contributed by atoms with E-state index in [-0.39, 0.29) is 11.6 Å². The summed E-state index contributed by atoms with van der Waals surface area (Å²) in [5.74, 6) is 0.667. The molecule has 0 radical (unpaired) electrons. The zero-order valence-electron chi connectivity index (χ0n) is 12.2. The van der Waals surface area contributed by atoms with Crippen LogP contribution in [0.5, 0.6) is 0 Å². The van der Waals surface area contributed by atoms with Gasteiger partial charge in [-0.15, -0.1) is 5.10 Å². The van der Waals surface area contributed by atoms with Gasteiger partial charge in [0.2, 0.25) is 0 Å². The van der Waals surface area contributed by atoms with Crippen molar-refractivity contribution in [2.75, 3.05) is 13.1 Å². The number of nitrogens with zero attached hydrogens (tertiary/aromatic N) is 4. The van der Waals surface area contributed by atoms with Crippen molar-refractivity contribution in [3.63, 3.8) is 0 Å². The third-order valence-corrected chi connectivity index (χ3v) is 4.44. The highest BCUT2D eigenvalue weighted by Crippen LogP contribution is 2.44. The molecular formula is C14H22N4O2. The summed E-state index contributed by atoms with van der Waals surface area (Å²) >= 11 is 0. The Balaban J connectivity index is 1.65. The van der Waals surface area contributed by atoms with Crippen molar-refractivity contribution in [1.29, 1.82) is 0 Å². The van der Waals surface area contributed by atoms with Crippen molar-refractivity contribution < 1.29 is 9.53 Å². The van der Waals surface area contributed by atoms with E-state index in [2.05, 4.69) is 29.1 Å². The first-order chi connectivity index (χ1) is 9.59. The molecule has 2 fully saturated rings. The van der Waals surface area contributed by atoms with Crippen molar-refractivity contribution in [3.8, 4) is 0 Å². The molecule has 0 aromatic carbocycles. The quantitative estimate of drug-likeness (QED) is 0.845. The minimum atomic E-state index is -0.423. The van der Waals surface area contributed by atoms with E-state index in [4.69, 9.17) is 4.74 Å². The van der Waals surface area contributed by atoms with Crippen LogP contribution in [0.1, 0.15) is 39.5 Å². The summed E-state index contributed by atoms with van der Waals surface area (Å²) in [5, 5.41) is 7.30. The molecule has 110 valence electrons. The first-order valence-electron chi connectivity index (χ1n) is 7.41. The lowest BCUT2D eigenvalue weighted by Crippen LogP contribution is -2.39. The van der Waals surface area contributed by atoms with Crippen LogP contribution >= 0.6 is 0 Å². The van der Waals surface area contributed by atoms with Gasteiger partial charge in [0, 0.05) is 18.5 Å². The Bertz CT molecular complexity index is 474. The van der Waals surface area contributed by atoms with Gasteiger partial charge in [-0.3, -0.25) is 4.90 Å². The predicted octanol–water partition coefficient (Wildman–Crippen LogP) is 1.92. The van der Waals surface area contributed by atoms with Crippen molar-refractivity contribution >= 4 is 6.09 Å². The molecule has 1 aromatic rings. The molecule has 6 nitrogen and oxygen atoms in total. The Morgan fingerprint density at radius 3 is 3.10 bits per heavy atom. The molecule has 0 N–H and O–H groups in total. The molecule has 0 unspecified atom stereocenters. The molecule has 3 heterocycles. The molecule has 3 rings (SSSR count). The molecule has 20 heavy (non-hydrogen) atoms. The second kappa shape index (κ2) is 5.16. The van der Waals surface area contributed by atoms with Gasteiger partial charge in [0.25, 0.3) is 0 Å². The average molecular weight is 278 g/mol. The van der Waals surface area contributed by atoms with Gasteiger partial charge in [0.1, 0.15) is 6.10 Å². The monoisotopic (exact) mass is 278 g/mol. The van der Waals surface area contributed by atoms with E-state index in [0.717, 1.165) is 24.2 Å². The fraction of sp³-hybridized carbons (Fsp3) is 0.786. The largest absolute Gasteiger partial charge is 0.443 e. The van der Waals surface area contributed by atoms with Crippen LogP contribution in [0.2, 0.25) is 0 Å². The summed E-state index contributed by atoms with van der Waals surface area (Å²) in [5.41, 5.74) is 0.251. The standard InChI is InChI=1S/C14H22N4O2/c1-11(2)8-14-4-3-6-17(14)10-12(9-14)20-13(19)18-7-5-15-16-18/h5,7,11-12H,3-4,6,8-10H2,1-2H3/t12-,14-/m1/s1. The first-order valence-corrected chi connectivity index (χ1v) is 7.41. The third kappa shape index (κ3) is 2.44. The van der Waals surface area contributed by atoms with Crippen LogP contribution in [0.15, 0.2) is 12.4 Å². The zero-order valence-corrected chi connectivity index (χ0v) is 12.2. The minimum absolute atomic E-state index is 0.0225. The second-order valence-corrected chi connectivity index (χ2v) is 6.43. The van der Waals surface area contributed by atoms with Crippen molar-refractivity contribution in [1.82, 2.24) is 19.9 Å². The van der Waals surface area contributed by atoms with Crippen LogP contribution in [0.4, 0.5) is 4.79 Å². The summed E-state index contributed by atoms with van der Waals surface area (Å²) in [6.07, 6.45) is 7.17. The average Bonchev–Trinajstić information content (AvgIpc) is 3.02. The summed E-state index contributed by atoms with van der Waals surface area (Å²) in [7, 11) is 0. The number of rotatable bonds is 3. The minimum Gasteiger partial charge on any atom is -0.443 e. The van der Waals surface area contributed by atoms with E-state index < -0.39 is 6.09 Å². The molecule has 0 spiro atoms. The fourth-order valence-corrected chi connectivity index (χ4v) is 3.90. The van der Waals surface area contributed by atoms with Gasteiger partial charge in [-0.2, -0.15) is 4.68 Å². The number of fused-ring (bicyclic) bond motifs is 1. The van der Waals surface area contributed by atoms with Crippen LogP contribution in [-0.2, 0) is 4.74 Å². The normalized spacial score (nSPS) is 29.9. The fourth-order valence-electron chi connectivity index (χ4n) is 3.90. The molecule has 2 aliphatic rings. The lowest BCUT2D eigenvalue weighted by molar-refractivity contribution is 0.0978. The maximum atomic E-state index is 11.9. The maximum Gasteiger partial charge on any atom is 0.436 e. The first kappa shape index (κ1) is 13.5. The van der Waals surface area contributed by atoms with Crippen molar-refractivity contribution in [3.05, 3.63) is 12.4 Å². The molecule has 1 aromatic heterocycles.